The number of aliphatic carboxylic acids is 1. The van der Waals surface area contributed by atoms with Gasteiger partial charge in [0.05, 0.1) is 65.2 Å². The lowest BCUT2D eigenvalue weighted by Crippen LogP contribution is -2.60. The maximum atomic E-state index is 13.7. The molecule has 0 bridgehead atoms. The molecule has 0 spiro atoms. The van der Waals surface area contributed by atoms with Crippen LogP contribution in [0.1, 0.15) is 92.1 Å². The Balaban J connectivity index is 1.99. The van der Waals surface area contributed by atoms with Gasteiger partial charge in [-0.3, -0.25) is 72.1 Å². The van der Waals surface area contributed by atoms with E-state index < -0.39 is 214 Å². The highest BCUT2D eigenvalue weighted by molar-refractivity contribution is 5.99. The number of aliphatic hydroxyl groups excluding tert-OH is 4. The summed E-state index contributed by atoms with van der Waals surface area (Å²) in [5.74, 6) is -15.7. The van der Waals surface area contributed by atoms with Crippen LogP contribution < -0.4 is 91.2 Å². The molecular formula is C60H98N18O20. The molecule has 1 aliphatic heterocycles. The van der Waals surface area contributed by atoms with Crippen LogP contribution in [0.4, 0.5) is 0 Å². The maximum Gasteiger partial charge on any atom is 0.326 e. The van der Waals surface area contributed by atoms with Crippen LogP contribution in [-0.2, 0) is 78.3 Å². The molecule has 1 aromatic carbocycles. The number of nitrogens with one attached hydrogen (secondary N) is 15. The molecule has 0 radical (unpaired) electrons. The fourth-order valence-electron chi connectivity index (χ4n) is 9.30. The molecule has 98 heavy (non-hydrogen) atoms. The molecule has 12 atom stereocenters. The van der Waals surface area contributed by atoms with Crippen LogP contribution in [0.3, 0.4) is 0 Å². The lowest BCUT2D eigenvalue weighted by molar-refractivity contribution is -0.142. The molecular weight excluding hydrogens is 1290 g/mol. The van der Waals surface area contributed by atoms with Crippen molar-refractivity contribution in [2.45, 2.75) is 153 Å². The van der Waals surface area contributed by atoms with E-state index in [-0.39, 0.29) is 56.4 Å². The van der Waals surface area contributed by atoms with E-state index in [1.165, 1.54) is 0 Å². The van der Waals surface area contributed by atoms with E-state index in [1.54, 1.807) is 71.9 Å². The van der Waals surface area contributed by atoms with Gasteiger partial charge in [0.1, 0.15) is 54.4 Å². The Morgan fingerprint density at radius 1 is 0.490 bits per heavy atom. The van der Waals surface area contributed by atoms with Crippen LogP contribution in [0.15, 0.2) is 35.3 Å². The highest BCUT2D eigenvalue weighted by Gasteiger charge is 2.36. The number of nitrogens with two attached hydrogens (primary N) is 2. The first kappa shape index (κ1) is 84.4. The summed E-state index contributed by atoms with van der Waals surface area (Å²) in [6.45, 7) is 3.14. The Hall–Kier alpha value is -9.66. The van der Waals surface area contributed by atoms with Gasteiger partial charge in [-0.1, -0.05) is 84.7 Å². The number of hydrogen-bond acceptors (Lipinski definition) is 21. The average Bonchev–Trinajstić information content (AvgIpc) is 1.24. The number of aliphatic hydroxyl groups is 4. The summed E-state index contributed by atoms with van der Waals surface area (Å²) >= 11 is 0. The van der Waals surface area contributed by atoms with E-state index in [0.29, 0.717) is 24.9 Å². The van der Waals surface area contributed by atoms with E-state index in [0.717, 1.165) is 6.42 Å². The van der Waals surface area contributed by atoms with Crippen molar-refractivity contribution in [1.82, 2.24) is 79.8 Å². The number of carboxylic acid groups (broad SMARTS) is 1. The van der Waals surface area contributed by atoms with E-state index in [9.17, 15) is 97.5 Å². The van der Waals surface area contributed by atoms with E-state index in [2.05, 4.69) is 84.7 Å². The van der Waals surface area contributed by atoms with Crippen molar-refractivity contribution in [2.24, 2.45) is 34.2 Å². The number of carboxylic acids is 1. The summed E-state index contributed by atoms with van der Waals surface area (Å²) in [7, 11) is 0. The van der Waals surface area contributed by atoms with E-state index in [1.807, 2.05) is 0 Å². The standard InChI is InChI=1S/C60H98N18O20/c1-7-32(5)48(57(95)75-40(28-80)53(91)69-24-45(85)70-37(20-31(3)4)50(88)67-25-46(86)72-41(29-81)55(93)73-36(59(97)98)17-13-19-64-60(61)62)77-47(87)26-68-51(89)38(21-34-14-10-9-11-15-34)71-44(84)23-65-43(83)22-66-52(90)39(27-79)74-56(94)42(30-82)76-58(96)49(33(6)8-2)78-54(92)35-16-12-18-63-35/h9-11,14-15,31-33,35-42,48-49,63,79-82H,7-8,12-13,16-30H2,1-6H3,(H,65,83)(H,66,90)(H,67,88)(H,68,89)(H,69,91)(H,70,85)(H,71,84)(H,72,86)(H,73,93)(H,74,94)(H,75,95)(H,76,96)(H,77,87)(H,78,92)(H,97,98)(H4,61,62,64)/t32-,33-,35-,36-,37-,38-,39-,40-,41-,42-,48-,49-/m0/s1. The smallest absolute Gasteiger partial charge is 0.326 e. The maximum absolute atomic E-state index is 13.7. The van der Waals surface area contributed by atoms with Gasteiger partial charge in [0.2, 0.25) is 82.7 Å². The summed E-state index contributed by atoms with van der Waals surface area (Å²) in [6, 6.07) is -5.41. The molecule has 0 unspecified atom stereocenters. The Morgan fingerprint density at radius 2 is 0.888 bits per heavy atom. The minimum atomic E-state index is -1.70. The first-order valence-corrected chi connectivity index (χ1v) is 32.0. The van der Waals surface area contributed by atoms with Crippen molar-refractivity contribution in [2.75, 3.05) is 72.2 Å². The number of hydrogen-bond donors (Lipinski definition) is 22. The second-order valence-corrected chi connectivity index (χ2v) is 23.5. The Labute approximate surface area is 565 Å². The SMILES string of the molecule is CC[C@H](C)[C@H](NC(=O)CNC(=O)[C@H](Cc1ccccc1)NC(=O)CNC(=O)CNC(=O)[C@H](CO)NC(=O)[C@H](CO)NC(=O)[C@@H](NC(=O)[C@@H]1CCCN1)[C@@H](C)CC)C(=O)N[C@@H](CO)C(=O)NCC(=O)N[C@@H](CC(C)C)C(=O)NCC(=O)N[C@@H](CO)C(=O)N[C@@H](CCCN=C(N)N)C(=O)O. The van der Waals surface area contributed by atoms with Crippen molar-refractivity contribution in [3.8, 4) is 0 Å². The fourth-order valence-corrected chi connectivity index (χ4v) is 9.30. The van der Waals surface area contributed by atoms with Gasteiger partial charge in [0, 0.05) is 13.0 Å². The normalized spacial score (nSPS) is 15.8. The highest BCUT2D eigenvalue weighted by atomic mass is 16.4. The second kappa shape index (κ2) is 45.0. The Bertz CT molecular complexity index is 2900. The molecule has 38 nitrogen and oxygen atoms in total. The Morgan fingerprint density at radius 3 is 1.34 bits per heavy atom. The van der Waals surface area contributed by atoms with E-state index in [4.69, 9.17) is 11.5 Å². The van der Waals surface area contributed by atoms with Crippen LogP contribution in [0.2, 0.25) is 0 Å². The first-order chi connectivity index (χ1) is 46.4. The summed E-state index contributed by atoms with van der Waals surface area (Å²) in [4.78, 5) is 199. The number of carbonyl (C=O) groups is 15. The molecule has 0 saturated carbocycles. The number of amides is 14. The lowest BCUT2D eigenvalue weighted by atomic mass is 9.97. The van der Waals surface area contributed by atoms with E-state index >= 15 is 0 Å². The first-order valence-electron chi connectivity index (χ1n) is 32.0. The molecule has 0 aromatic heterocycles. The summed E-state index contributed by atoms with van der Waals surface area (Å²) in [5, 5.41) is 85.1. The van der Waals surface area contributed by atoms with Crippen molar-refractivity contribution >= 4 is 94.6 Å². The van der Waals surface area contributed by atoms with Gasteiger partial charge in [-0.15, -0.1) is 0 Å². The van der Waals surface area contributed by atoms with Crippen molar-refractivity contribution in [3.05, 3.63) is 35.9 Å². The molecule has 14 amide bonds. The second-order valence-electron chi connectivity index (χ2n) is 23.5. The number of rotatable bonds is 45. The molecule has 1 heterocycles. The van der Waals surface area contributed by atoms with Crippen LogP contribution in [0.5, 0.6) is 0 Å². The molecule has 1 aliphatic rings. The molecule has 24 N–H and O–H groups in total. The molecule has 38 heteroatoms. The van der Waals surface area contributed by atoms with Gasteiger partial charge < -0.3 is 117 Å². The van der Waals surface area contributed by atoms with Crippen molar-refractivity contribution in [1.29, 1.82) is 0 Å². The minimum Gasteiger partial charge on any atom is -0.480 e. The zero-order valence-corrected chi connectivity index (χ0v) is 55.8. The number of carbonyl (C=O) groups excluding carboxylic acids is 14. The quantitative estimate of drug-likeness (QED) is 0.0164. The zero-order chi connectivity index (χ0) is 73.6. The molecule has 1 saturated heterocycles. The number of aliphatic imine (C=N–C) groups is 1. The van der Waals surface area contributed by atoms with Gasteiger partial charge >= 0.3 is 5.97 Å². The number of benzene rings is 1. The average molecular weight is 1390 g/mol. The van der Waals surface area contributed by atoms with Crippen LogP contribution in [0, 0.1) is 17.8 Å². The minimum absolute atomic E-state index is 0.0159. The van der Waals surface area contributed by atoms with Gasteiger partial charge in [-0.05, 0) is 62.0 Å². The Kier molecular flexibility index (Phi) is 38.7. The summed E-state index contributed by atoms with van der Waals surface area (Å²) in [5.41, 5.74) is 11.1. The van der Waals surface area contributed by atoms with Crippen LogP contribution >= 0.6 is 0 Å². The largest absolute Gasteiger partial charge is 0.480 e. The molecule has 2 rings (SSSR count). The van der Waals surface area contributed by atoms with Gasteiger partial charge in [-0.25, -0.2) is 4.79 Å². The predicted octanol–water partition coefficient (Wildman–Crippen LogP) is -9.83. The monoisotopic (exact) mass is 1390 g/mol. The lowest BCUT2D eigenvalue weighted by Gasteiger charge is -2.27. The fraction of sp³-hybridized carbons (Fsp3) is 0.633. The third kappa shape index (κ3) is 31.5. The van der Waals surface area contributed by atoms with Gasteiger partial charge in [0.15, 0.2) is 5.96 Å². The highest BCUT2D eigenvalue weighted by Crippen LogP contribution is 2.13. The van der Waals surface area contributed by atoms with Crippen LogP contribution in [-0.4, -0.2) is 253 Å². The number of guanidine groups is 1. The van der Waals surface area contributed by atoms with Gasteiger partial charge in [-0.2, -0.15) is 0 Å². The molecule has 1 aromatic rings. The molecule has 0 aliphatic carbocycles. The third-order valence-electron chi connectivity index (χ3n) is 15.3. The molecule has 1 fully saturated rings. The number of nitrogens with zero attached hydrogens (tertiary/aromatic N) is 1. The zero-order valence-electron chi connectivity index (χ0n) is 55.8. The van der Waals surface area contributed by atoms with Crippen LogP contribution in [0.25, 0.3) is 0 Å². The summed E-state index contributed by atoms with van der Waals surface area (Å²) in [6.07, 6.45) is 2.02. The third-order valence-corrected chi connectivity index (χ3v) is 15.3. The topological polar surface area (TPSA) is 602 Å². The van der Waals surface area contributed by atoms with Gasteiger partial charge in [0.25, 0.3) is 0 Å². The van der Waals surface area contributed by atoms with Crippen molar-refractivity contribution < 1.29 is 97.5 Å². The summed E-state index contributed by atoms with van der Waals surface area (Å²) < 4.78 is 0. The predicted molar refractivity (Wildman–Crippen MR) is 348 cm³/mol. The van der Waals surface area contributed by atoms with Crippen molar-refractivity contribution in [3.63, 3.8) is 0 Å². The molecule has 548 valence electrons.